The van der Waals surface area contributed by atoms with Crippen molar-refractivity contribution < 1.29 is 9.59 Å². The Labute approximate surface area is 123 Å². The molecule has 2 aromatic rings. The quantitative estimate of drug-likeness (QED) is 0.879. The minimum atomic E-state index is -0.672. The monoisotopic (exact) mass is 285 g/mol. The molecule has 0 spiro atoms. The molecule has 5 nitrogen and oxygen atoms in total. The van der Waals surface area contributed by atoms with Gasteiger partial charge in [-0.3, -0.25) is 14.6 Å². The normalized spacial score (nSPS) is 13.6. The second kappa shape index (κ2) is 6.35. The van der Waals surface area contributed by atoms with Crippen LogP contribution >= 0.6 is 0 Å². The number of amides is 2. The first-order valence-electron chi connectivity index (χ1n) is 6.98. The van der Waals surface area contributed by atoms with E-state index >= 15 is 0 Å². The molecule has 0 aliphatic heterocycles. The number of pyridine rings is 1. The molecule has 0 bridgehead atoms. The Balaban J connectivity index is 2.23. The third-order valence-corrected chi connectivity index (χ3v) is 3.66. The molecule has 1 aromatic carbocycles. The summed E-state index contributed by atoms with van der Waals surface area (Å²) in [5, 5.41) is 3.57. The van der Waals surface area contributed by atoms with Crippen molar-refractivity contribution in [1.82, 2.24) is 10.3 Å². The van der Waals surface area contributed by atoms with Crippen LogP contribution in [0.4, 0.5) is 0 Å². The number of hydrogen-bond donors (Lipinski definition) is 2. The number of primary amides is 1. The molecule has 0 aliphatic rings. The Hall–Kier alpha value is -2.43. The van der Waals surface area contributed by atoms with E-state index in [9.17, 15) is 9.59 Å². The van der Waals surface area contributed by atoms with E-state index < -0.39 is 11.9 Å². The zero-order valence-electron chi connectivity index (χ0n) is 12.2. The van der Waals surface area contributed by atoms with Crippen LogP contribution in [0.25, 0.3) is 10.9 Å². The smallest absolute Gasteiger partial charge is 0.253 e. The van der Waals surface area contributed by atoms with Gasteiger partial charge in [-0.05, 0) is 18.1 Å². The van der Waals surface area contributed by atoms with Crippen molar-refractivity contribution in [2.24, 2.45) is 11.7 Å². The van der Waals surface area contributed by atoms with Crippen LogP contribution in [-0.4, -0.2) is 22.8 Å². The fourth-order valence-electron chi connectivity index (χ4n) is 2.15. The number of rotatable bonds is 5. The SMILES string of the molecule is CC[C@@H](C)[C@H](NC(=O)c1cnc2ccccc2c1)C(N)=O. The van der Waals surface area contributed by atoms with Crippen LogP contribution in [0.1, 0.15) is 30.6 Å². The third kappa shape index (κ3) is 3.37. The molecule has 2 amide bonds. The van der Waals surface area contributed by atoms with Crippen LogP contribution in [-0.2, 0) is 4.79 Å². The number of nitrogens with zero attached hydrogens (tertiary/aromatic N) is 1. The number of carbonyl (C=O) groups excluding carboxylic acids is 2. The van der Waals surface area contributed by atoms with Gasteiger partial charge < -0.3 is 11.1 Å². The lowest BCUT2D eigenvalue weighted by atomic mass is 9.98. The number of nitrogens with one attached hydrogen (secondary N) is 1. The van der Waals surface area contributed by atoms with E-state index in [4.69, 9.17) is 5.73 Å². The maximum Gasteiger partial charge on any atom is 0.253 e. The first-order chi connectivity index (χ1) is 10.0. The molecule has 5 heteroatoms. The van der Waals surface area contributed by atoms with Crippen molar-refractivity contribution in [2.45, 2.75) is 26.3 Å². The first kappa shape index (κ1) is 15.0. The molecule has 0 aliphatic carbocycles. The predicted molar refractivity (Wildman–Crippen MR) is 81.6 cm³/mol. The van der Waals surface area contributed by atoms with E-state index in [-0.39, 0.29) is 11.8 Å². The number of benzene rings is 1. The summed E-state index contributed by atoms with van der Waals surface area (Å²) in [6.07, 6.45) is 2.26. The van der Waals surface area contributed by atoms with Crippen molar-refractivity contribution in [3.8, 4) is 0 Å². The number of fused-ring (bicyclic) bond motifs is 1. The molecule has 2 rings (SSSR count). The first-order valence-corrected chi connectivity index (χ1v) is 6.98. The van der Waals surface area contributed by atoms with Crippen LogP contribution in [0.3, 0.4) is 0 Å². The van der Waals surface area contributed by atoms with E-state index in [2.05, 4.69) is 10.3 Å². The molecule has 1 aromatic heterocycles. The van der Waals surface area contributed by atoms with Crippen molar-refractivity contribution in [3.05, 3.63) is 42.1 Å². The van der Waals surface area contributed by atoms with Crippen LogP contribution in [0.15, 0.2) is 36.5 Å². The van der Waals surface area contributed by atoms with Gasteiger partial charge in [0.05, 0.1) is 11.1 Å². The number of hydrogen-bond acceptors (Lipinski definition) is 3. The molecule has 0 radical (unpaired) electrons. The third-order valence-electron chi connectivity index (χ3n) is 3.66. The topological polar surface area (TPSA) is 85.1 Å². The Bertz CT molecular complexity index is 669. The Kier molecular flexibility index (Phi) is 4.52. The Morgan fingerprint density at radius 3 is 2.71 bits per heavy atom. The van der Waals surface area contributed by atoms with Crippen LogP contribution in [0.5, 0.6) is 0 Å². The van der Waals surface area contributed by atoms with Gasteiger partial charge in [0.2, 0.25) is 5.91 Å². The summed E-state index contributed by atoms with van der Waals surface area (Å²) in [5.74, 6) is -0.872. The summed E-state index contributed by atoms with van der Waals surface area (Å²) >= 11 is 0. The van der Waals surface area contributed by atoms with Crippen molar-refractivity contribution in [3.63, 3.8) is 0 Å². The highest BCUT2D eigenvalue weighted by Crippen LogP contribution is 2.14. The molecule has 21 heavy (non-hydrogen) atoms. The van der Waals surface area contributed by atoms with Gasteiger partial charge in [-0.25, -0.2) is 0 Å². The Morgan fingerprint density at radius 1 is 1.33 bits per heavy atom. The average molecular weight is 285 g/mol. The second-order valence-electron chi connectivity index (χ2n) is 5.16. The van der Waals surface area contributed by atoms with Crippen LogP contribution < -0.4 is 11.1 Å². The summed E-state index contributed by atoms with van der Waals surface area (Å²) in [6.45, 7) is 3.83. The molecular weight excluding hydrogens is 266 g/mol. The van der Waals surface area contributed by atoms with Gasteiger partial charge in [-0.2, -0.15) is 0 Å². The zero-order valence-corrected chi connectivity index (χ0v) is 12.2. The van der Waals surface area contributed by atoms with E-state index in [0.717, 1.165) is 17.3 Å². The zero-order chi connectivity index (χ0) is 15.4. The maximum atomic E-state index is 12.3. The van der Waals surface area contributed by atoms with Gasteiger partial charge >= 0.3 is 0 Å². The van der Waals surface area contributed by atoms with Crippen molar-refractivity contribution >= 4 is 22.7 Å². The molecular formula is C16H19N3O2. The lowest BCUT2D eigenvalue weighted by Crippen LogP contribution is -2.48. The highest BCUT2D eigenvalue weighted by molar-refractivity contribution is 5.99. The van der Waals surface area contributed by atoms with Gasteiger partial charge in [-0.15, -0.1) is 0 Å². The molecule has 0 fully saturated rings. The van der Waals surface area contributed by atoms with Crippen molar-refractivity contribution in [1.29, 1.82) is 0 Å². The lowest BCUT2D eigenvalue weighted by Gasteiger charge is -2.21. The standard InChI is InChI=1S/C16H19N3O2/c1-3-10(2)14(15(17)20)19-16(21)12-8-11-6-4-5-7-13(11)18-9-12/h4-10,14H,3H2,1-2H3,(H2,17,20)(H,19,21)/t10-,14+/m1/s1. The number of nitrogens with two attached hydrogens (primary N) is 1. The van der Waals surface area contributed by atoms with E-state index in [1.54, 1.807) is 6.07 Å². The molecule has 1 heterocycles. The molecule has 2 atom stereocenters. The summed E-state index contributed by atoms with van der Waals surface area (Å²) in [7, 11) is 0. The van der Waals surface area contributed by atoms with E-state index in [1.165, 1.54) is 6.20 Å². The predicted octanol–water partition coefficient (Wildman–Crippen LogP) is 1.86. The maximum absolute atomic E-state index is 12.3. The second-order valence-corrected chi connectivity index (χ2v) is 5.16. The number of carbonyl (C=O) groups is 2. The molecule has 0 saturated carbocycles. The van der Waals surface area contributed by atoms with Gasteiger partial charge in [0, 0.05) is 11.6 Å². The van der Waals surface area contributed by atoms with Crippen molar-refractivity contribution in [2.75, 3.05) is 0 Å². The summed E-state index contributed by atoms with van der Waals surface area (Å²) in [4.78, 5) is 28.0. The number of para-hydroxylation sites is 1. The molecule has 0 saturated heterocycles. The lowest BCUT2D eigenvalue weighted by molar-refractivity contribution is -0.120. The van der Waals surface area contributed by atoms with Gasteiger partial charge in [-0.1, -0.05) is 38.5 Å². The van der Waals surface area contributed by atoms with E-state index in [1.807, 2.05) is 38.1 Å². The van der Waals surface area contributed by atoms with Crippen LogP contribution in [0, 0.1) is 5.92 Å². The van der Waals surface area contributed by atoms with Crippen LogP contribution in [0.2, 0.25) is 0 Å². The molecule has 110 valence electrons. The highest BCUT2D eigenvalue weighted by Gasteiger charge is 2.24. The fraction of sp³-hybridized carbons (Fsp3) is 0.312. The minimum Gasteiger partial charge on any atom is -0.368 e. The van der Waals surface area contributed by atoms with E-state index in [0.29, 0.717) is 5.56 Å². The molecule has 0 unspecified atom stereocenters. The van der Waals surface area contributed by atoms with Gasteiger partial charge in [0.25, 0.3) is 5.91 Å². The summed E-state index contributed by atoms with van der Waals surface area (Å²) in [5.41, 5.74) is 6.60. The van der Waals surface area contributed by atoms with Gasteiger partial charge in [0.1, 0.15) is 6.04 Å². The fourth-order valence-corrected chi connectivity index (χ4v) is 2.15. The summed E-state index contributed by atoms with van der Waals surface area (Å²) < 4.78 is 0. The van der Waals surface area contributed by atoms with Gasteiger partial charge in [0.15, 0.2) is 0 Å². The molecule has 3 N–H and O–H groups in total. The average Bonchev–Trinajstić information content (AvgIpc) is 2.50. The minimum absolute atomic E-state index is 0.0140. The Morgan fingerprint density at radius 2 is 2.05 bits per heavy atom. The largest absolute Gasteiger partial charge is 0.368 e. The highest BCUT2D eigenvalue weighted by atomic mass is 16.2. The summed E-state index contributed by atoms with van der Waals surface area (Å²) in [6, 6.07) is 8.63. The number of aromatic nitrogens is 1.